The van der Waals surface area contributed by atoms with Gasteiger partial charge in [0.25, 0.3) is 0 Å². The summed E-state index contributed by atoms with van der Waals surface area (Å²) >= 11 is 0. The molecule has 0 N–H and O–H groups in total. The van der Waals surface area contributed by atoms with E-state index in [0.29, 0.717) is 12.8 Å². The molecule has 0 unspecified atom stereocenters. The van der Waals surface area contributed by atoms with E-state index in [1.807, 2.05) is 0 Å². The van der Waals surface area contributed by atoms with Crippen LogP contribution in [0.25, 0.3) is 0 Å². The van der Waals surface area contributed by atoms with E-state index in [9.17, 15) is 4.79 Å². The molecule has 0 aliphatic carbocycles. The fourth-order valence-corrected chi connectivity index (χ4v) is 0.207. The lowest BCUT2D eigenvalue weighted by Gasteiger charge is -1.93. The van der Waals surface area contributed by atoms with Crippen molar-refractivity contribution in [2.24, 2.45) is 0 Å². The maximum atomic E-state index is 9.81. The molecule has 1 amide bonds. The molecule has 2 nitrogen and oxygen atoms in total. The zero-order valence-electron chi connectivity index (χ0n) is 4.85. The summed E-state index contributed by atoms with van der Waals surface area (Å²) in [6, 6.07) is 2.53. The highest BCUT2D eigenvalue weighted by molar-refractivity contribution is 5.49. The predicted molar refractivity (Wildman–Crippen MR) is 31.6 cm³/mol. The molecule has 0 aromatic carbocycles. The SMILES string of the molecule is [CH2]CC#CN(C)C=O. The molecule has 0 saturated heterocycles. The molecule has 0 atom stereocenters. The first kappa shape index (κ1) is 7.03. The van der Waals surface area contributed by atoms with Gasteiger partial charge in [0.15, 0.2) is 0 Å². The minimum atomic E-state index is 0.540. The highest BCUT2D eigenvalue weighted by Crippen LogP contribution is 1.69. The van der Waals surface area contributed by atoms with Crippen molar-refractivity contribution in [2.75, 3.05) is 7.05 Å². The van der Waals surface area contributed by atoms with Gasteiger partial charge in [-0.1, -0.05) is 5.92 Å². The van der Waals surface area contributed by atoms with E-state index in [-0.39, 0.29) is 0 Å². The van der Waals surface area contributed by atoms with Gasteiger partial charge in [-0.25, -0.2) is 0 Å². The van der Waals surface area contributed by atoms with E-state index in [4.69, 9.17) is 0 Å². The molecule has 0 aromatic rings. The third-order valence-electron chi connectivity index (χ3n) is 0.539. The molecule has 1 radical (unpaired) electrons. The Bertz CT molecular complexity index is 120. The normalized spacial score (nSPS) is 6.75. The van der Waals surface area contributed by atoms with Crippen molar-refractivity contribution in [3.63, 3.8) is 0 Å². The third kappa shape index (κ3) is 3.23. The van der Waals surface area contributed by atoms with Crippen LogP contribution in [0.15, 0.2) is 0 Å². The first-order valence-corrected chi connectivity index (χ1v) is 2.27. The van der Waals surface area contributed by atoms with Crippen molar-refractivity contribution < 1.29 is 4.79 Å². The lowest BCUT2D eigenvalue weighted by atomic mass is 10.5. The summed E-state index contributed by atoms with van der Waals surface area (Å²) in [5.41, 5.74) is 0. The molecule has 8 heavy (non-hydrogen) atoms. The number of carbonyl (C=O) groups is 1. The van der Waals surface area contributed by atoms with Gasteiger partial charge in [0.1, 0.15) is 0 Å². The number of nitrogens with zero attached hydrogens (tertiary/aromatic N) is 1. The summed E-state index contributed by atoms with van der Waals surface area (Å²) in [7, 11) is 1.59. The number of rotatable bonds is 1. The predicted octanol–water partition coefficient (Wildman–Crippen LogP) is 0.260. The molecule has 0 rings (SSSR count). The van der Waals surface area contributed by atoms with Gasteiger partial charge in [0, 0.05) is 19.5 Å². The zero-order chi connectivity index (χ0) is 6.41. The Kier molecular flexibility index (Phi) is 3.69. The average Bonchev–Trinajstić information content (AvgIpc) is 1.83. The molecule has 0 aliphatic rings. The highest BCUT2D eigenvalue weighted by Gasteiger charge is 1.77. The Morgan fingerprint density at radius 2 is 2.50 bits per heavy atom. The van der Waals surface area contributed by atoms with Gasteiger partial charge in [0.05, 0.1) is 0 Å². The van der Waals surface area contributed by atoms with Gasteiger partial charge >= 0.3 is 0 Å². The van der Waals surface area contributed by atoms with Crippen molar-refractivity contribution in [1.82, 2.24) is 4.90 Å². The molecule has 2 heteroatoms. The van der Waals surface area contributed by atoms with Crippen LogP contribution in [-0.4, -0.2) is 18.4 Å². The molecular formula is C6H8NO. The summed E-state index contributed by atoms with van der Waals surface area (Å²) < 4.78 is 0. The van der Waals surface area contributed by atoms with E-state index in [0.717, 1.165) is 0 Å². The summed E-state index contributed by atoms with van der Waals surface area (Å²) in [5, 5.41) is 0. The van der Waals surface area contributed by atoms with Crippen LogP contribution >= 0.6 is 0 Å². The Balaban J connectivity index is 3.50. The second-order valence-corrected chi connectivity index (χ2v) is 1.25. The van der Waals surface area contributed by atoms with Crippen LogP contribution < -0.4 is 0 Å². The minimum absolute atomic E-state index is 0.540. The first-order chi connectivity index (χ1) is 3.81. The van der Waals surface area contributed by atoms with Gasteiger partial charge in [-0.15, -0.1) is 0 Å². The first-order valence-electron chi connectivity index (χ1n) is 2.27. The summed E-state index contributed by atoms with van der Waals surface area (Å²) in [5.74, 6) is 2.63. The Labute approximate surface area is 49.5 Å². The van der Waals surface area contributed by atoms with Crippen molar-refractivity contribution >= 4 is 6.41 Å². The quantitative estimate of drug-likeness (QED) is 0.269. The monoisotopic (exact) mass is 110 g/mol. The standard InChI is InChI=1S/C6H8NO/c1-3-4-5-7(2)6-8/h6H,1,3H2,2H3. The molecule has 0 aliphatic heterocycles. The van der Waals surface area contributed by atoms with Crippen LogP contribution in [0.5, 0.6) is 0 Å². The van der Waals surface area contributed by atoms with E-state index >= 15 is 0 Å². The number of carbonyl (C=O) groups excluding carboxylic acids is 1. The molecule has 0 spiro atoms. The minimum Gasteiger partial charge on any atom is -0.278 e. The molecule has 0 fully saturated rings. The molecular weight excluding hydrogens is 102 g/mol. The van der Waals surface area contributed by atoms with Crippen LogP contribution in [0.2, 0.25) is 0 Å². The maximum Gasteiger partial charge on any atom is 0.220 e. The largest absolute Gasteiger partial charge is 0.278 e. The van der Waals surface area contributed by atoms with Crippen LogP contribution in [0, 0.1) is 18.9 Å². The van der Waals surface area contributed by atoms with E-state index in [2.05, 4.69) is 18.9 Å². The van der Waals surface area contributed by atoms with Gasteiger partial charge in [-0.3, -0.25) is 9.69 Å². The van der Waals surface area contributed by atoms with Crippen LogP contribution in [0.1, 0.15) is 6.42 Å². The molecule has 0 heterocycles. The van der Waals surface area contributed by atoms with Crippen molar-refractivity contribution in [1.29, 1.82) is 0 Å². The lowest BCUT2D eigenvalue weighted by Crippen LogP contribution is -2.06. The second kappa shape index (κ2) is 4.20. The average molecular weight is 110 g/mol. The second-order valence-electron chi connectivity index (χ2n) is 1.25. The van der Waals surface area contributed by atoms with Crippen LogP contribution in [0.4, 0.5) is 0 Å². The van der Waals surface area contributed by atoms with Gasteiger partial charge in [-0.05, 0) is 6.92 Å². The molecule has 43 valence electrons. The maximum absolute atomic E-state index is 9.81. The van der Waals surface area contributed by atoms with Crippen molar-refractivity contribution in [3.8, 4) is 12.0 Å². The smallest absolute Gasteiger partial charge is 0.220 e. The molecule has 0 aromatic heterocycles. The van der Waals surface area contributed by atoms with Crippen molar-refractivity contribution in [2.45, 2.75) is 6.42 Å². The van der Waals surface area contributed by atoms with Gasteiger partial charge in [0.2, 0.25) is 6.41 Å². The van der Waals surface area contributed by atoms with E-state index in [1.54, 1.807) is 7.05 Å². The summed E-state index contributed by atoms with van der Waals surface area (Å²) in [4.78, 5) is 11.1. The number of hydrogen-bond donors (Lipinski definition) is 0. The van der Waals surface area contributed by atoms with Gasteiger partial charge in [-0.2, -0.15) is 0 Å². The summed E-state index contributed by atoms with van der Waals surface area (Å²) in [6.07, 6.45) is 1.20. The fourth-order valence-electron chi connectivity index (χ4n) is 0.207. The molecule has 0 saturated carbocycles. The Hall–Kier alpha value is -0.970. The Morgan fingerprint density at radius 1 is 1.88 bits per heavy atom. The van der Waals surface area contributed by atoms with Gasteiger partial charge < -0.3 is 0 Å². The van der Waals surface area contributed by atoms with Crippen molar-refractivity contribution in [3.05, 3.63) is 6.92 Å². The van der Waals surface area contributed by atoms with E-state index in [1.165, 1.54) is 4.90 Å². The number of amides is 1. The molecule has 0 bridgehead atoms. The highest BCUT2D eigenvalue weighted by atomic mass is 16.1. The topological polar surface area (TPSA) is 20.3 Å². The third-order valence-corrected chi connectivity index (χ3v) is 0.539. The van der Waals surface area contributed by atoms with Crippen LogP contribution in [-0.2, 0) is 4.79 Å². The zero-order valence-corrected chi connectivity index (χ0v) is 4.85. The Morgan fingerprint density at radius 3 is 2.88 bits per heavy atom. The van der Waals surface area contributed by atoms with E-state index < -0.39 is 0 Å². The lowest BCUT2D eigenvalue weighted by molar-refractivity contribution is -0.114. The fraction of sp³-hybridized carbons (Fsp3) is 0.333. The summed E-state index contributed by atoms with van der Waals surface area (Å²) in [6.45, 7) is 3.48. The van der Waals surface area contributed by atoms with Crippen LogP contribution in [0.3, 0.4) is 0 Å². The number of hydrogen-bond acceptors (Lipinski definition) is 1.